The number of rotatable bonds is 1. The topological polar surface area (TPSA) is 72.0 Å². The Balaban J connectivity index is -0.0000000825. The molecule has 1 amide bonds. The van der Waals surface area contributed by atoms with Crippen molar-refractivity contribution in [2.75, 3.05) is 7.05 Å². The molecule has 6 heteroatoms. The summed E-state index contributed by atoms with van der Waals surface area (Å²) in [6.45, 7) is 12.5. The molecule has 0 aliphatic carbocycles. The van der Waals surface area contributed by atoms with E-state index >= 15 is 0 Å². The summed E-state index contributed by atoms with van der Waals surface area (Å²) in [5, 5.41) is 2.41. The van der Waals surface area contributed by atoms with Crippen LogP contribution in [0, 0.1) is 20.0 Å². The summed E-state index contributed by atoms with van der Waals surface area (Å²) in [4.78, 5) is 25.3. The van der Waals surface area contributed by atoms with Crippen LogP contribution < -0.4 is 5.32 Å². The van der Waals surface area contributed by atoms with Crippen LogP contribution in [0.2, 0.25) is 0 Å². The Kier molecular flexibility index (Phi) is 35.6. The summed E-state index contributed by atoms with van der Waals surface area (Å²) in [7, 11) is 1.59. The van der Waals surface area contributed by atoms with Crippen LogP contribution in [-0.2, 0) is 30.7 Å². The van der Waals surface area contributed by atoms with Gasteiger partial charge in [0.05, 0.1) is 0 Å². The molecule has 0 aromatic carbocycles. The summed E-state index contributed by atoms with van der Waals surface area (Å²) >= 11 is 0. The molecule has 0 radical (unpaired) electrons. The van der Waals surface area contributed by atoms with Crippen LogP contribution in [0.5, 0.6) is 0 Å². The van der Waals surface area contributed by atoms with E-state index in [0.717, 1.165) is 5.69 Å². The van der Waals surface area contributed by atoms with Gasteiger partial charge in [-0.25, -0.2) is 0 Å². The van der Waals surface area contributed by atoms with E-state index in [9.17, 15) is 4.79 Å². The van der Waals surface area contributed by atoms with E-state index in [1.165, 1.54) is 0 Å². The second kappa shape index (κ2) is 24.9. The van der Waals surface area contributed by atoms with Crippen molar-refractivity contribution in [1.82, 2.24) is 15.3 Å². The second-order valence-electron chi connectivity index (χ2n) is 2.21. The van der Waals surface area contributed by atoms with Gasteiger partial charge in [-0.2, -0.15) is 0 Å². The van der Waals surface area contributed by atoms with Crippen molar-refractivity contribution in [2.24, 2.45) is 0 Å². The Hall–Kier alpha value is -1.09. The van der Waals surface area contributed by atoms with Gasteiger partial charge in [-0.3, -0.25) is 16.6 Å². The van der Waals surface area contributed by atoms with Gasteiger partial charge in [0.2, 0.25) is 0 Å². The van der Waals surface area contributed by atoms with Gasteiger partial charge in [0, 0.05) is 28.1 Å². The molecule has 0 bridgehead atoms. The normalized spacial score (nSPS) is 6.50. The average molecular weight is 422 g/mol. The minimum atomic E-state index is -0.0185. The fourth-order valence-electron chi connectivity index (χ4n) is 0.453. The van der Waals surface area contributed by atoms with Crippen LogP contribution >= 0.6 is 0 Å². The number of amides is 1. The number of hydrogen-bond acceptors (Lipinski definition) is 4. The number of hydrogen-bond donors (Lipinski definition) is 1. The molecular formula is C12H20N3O2W-3. The van der Waals surface area contributed by atoms with Gasteiger partial charge >= 0.3 is 0 Å². The second-order valence-corrected chi connectivity index (χ2v) is 2.21. The molecule has 104 valence electrons. The number of aromatic nitrogens is 2. The maximum atomic E-state index is 10.0. The van der Waals surface area contributed by atoms with Crippen LogP contribution in [0.4, 0.5) is 0 Å². The van der Waals surface area contributed by atoms with Gasteiger partial charge in [-0.1, -0.05) is 13.8 Å². The number of carbonyl (C=O) groups excluding carboxylic acids is 2. The summed E-state index contributed by atoms with van der Waals surface area (Å²) < 4.78 is 0. The number of carbonyl (C=O) groups is 1. The minimum absolute atomic E-state index is 0. The SMILES string of the molecule is CC.Cc1cn[c-]cn1.[CH-]=O.[CH2-]CC(=O)NC.[W]. The monoisotopic (exact) mass is 422 g/mol. The standard InChI is InChI=1S/C5H5N2.C4H8NO.C2H6.CHO.W/c1-5-4-6-2-3-7-5;1-3-4(6)5-2;2*1-2;/h3-4H,1H3;1,3H2,2H3,(H,5,6);1-2H3;1H;/q2*-1;;-1;. The van der Waals surface area contributed by atoms with Crippen LogP contribution in [0.1, 0.15) is 26.0 Å². The fourth-order valence-corrected chi connectivity index (χ4v) is 0.453. The van der Waals surface area contributed by atoms with Crippen molar-refractivity contribution in [3.8, 4) is 0 Å². The molecule has 18 heavy (non-hydrogen) atoms. The van der Waals surface area contributed by atoms with E-state index in [2.05, 4.69) is 35.2 Å². The zero-order chi connectivity index (χ0) is 14.1. The predicted octanol–water partition coefficient (Wildman–Crippen LogP) is 1.29. The van der Waals surface area contributed by atoms with Crippen molar-refractivity contribution >= 4 is 12.7 Å². The molecule has 1 N–H and O–H groups in total. The molecular weight excluding hydrogens is 402 g/mol. The average Bonchev–Trinajstić information content (AvgIpc) is 2.44. The van der Waals surface area contributed by atoms with Gasteiger partial charge < -0.3 is 22.0 Å². The zero-order valence-electron chi connectivity index (χ0n) is 11.3. The third kappa shape index (κ3) is 24.2. The molecule has 0 aliphatic heterocycles. The van der Waals surface area contributed by atoms with Gasteiger partial charge in [-0.15, -0.1) is 18.8 Å². The third-order valence-corrected chi connectivity index (χ3v) is 1.16. The maximum absolute atomic E-state index is 10.0. The molecule has 1 rings (SSSR count). The minimum Gasteiger partial charge on any atom is -0.545 e. The number of nitrogens with zero attached hydrogens (tertiary/aromatic N) is 2. The first-order valence-electron chi connectivity index (χ1n) is 5.08. The maximum Gasteiger partial charge on any atom is 0.189 e. The molecule has 1 aromatic heterocycles. The predicted molar refractivity (Wildman–Crippen MR) is 67.7 cm³/mol. The molecule has 1 aromatic rings. The number of nitrogens with one attached hydrogen (secondary N) is 1. The van der Waals surface area contributed by atoms with Crippen LogP contribution in [0.25, 0.3) is 0 Å². The Morgan fingerprint density at radius 2 is 2.00 bits per heavy atom. The van der Waals surface area contributed by atoms with Crippen molar-refractivity contribution < 1.29 is 30.7 Å². The molecule has 0 fully saturated rings. The molecule has 0 unspecified atom stereocenters. The first-order chi connectivity index (χ1) is 8.20. The van der Waals surface area contributed by atoms with Gasteiger partial charge in [0.25, 0.3) is 0 Å². The largest absolute Gasteiger partial charge is 0.545 e. The summed E-state index contributed by atoms with van der Waals surface area (Å²) in [6.07, 6.45) is 6.12. The van der Waals surface area contributed by atoms with E-state index in [-0.39, 0.29) is 27.0 Å². The van der Waals surface area contributed by atoms with E-state index in [1.54, 1.807) is 19.4 Å². The molecule has 0 atom stereocenters. The molecule has 0 saturated carbocycles. The fraction of sp³-hybridized carbons (Fsp3) is 0.417. The van der Waals surface area contributed by atoms with Crippen LogP contribution in [0.3, 0.4) is 0 Å². The third-order valence-electron chi connectivity index (χ3n) is 1.16. The van der Waals surface area contributed by atoms with Gasteiger partial charge in [0.15, 0.2) is 5.91 Å². The Morgan fingerprint density at radius 3 is 2.11 bits per heavy atom. The van der Waals surface area contributed by atoms with Crippen LogP contribution in [0.15, 0.2) is 12.4 Å². The molecule has 1 heterocycles. The van der Waals surface area contributed by atoms with Crippen LogP contribution in [-0.4, -0.2) is 29.7 Å². The van der Waals surface area contributed by atoms with Crippen molar-refractivity contribution in [3.05, 3.63) is 31.2 Å². The quantitative estimate of drug-likeness (QED) is 0.547. The van der Waals surface area contributed by atoms with E-state index in [0.29, 0.717) is 6.42 Å². The van der Waals surface area contributed by atoms with Gasteiger partial charge in [-0.05, 0) is 18.8 Å². The first-order valence-corrected chi connectivity index (χ1v) is 5.08. The Morgan fingerprint density at radius 1 is 1.50 bits per heavy atom. The van der Waals surface area contributed by atoms with E-state index in [1.807, 2.05) is 20.8 Å². The van der Waals surface area contributed by atoms with E-state index in [4.69, 9.17) is 4.79 Å². The Bertz CT molecular complexity index is 253. The Labute approximate surface area is 124 Å². The molecule has 0 saturated heterocycles. The van der Waals surface area contributed by atoms with Crippen molar-refractivity contribution in [1.29, 1.82) is 0 Å². The van der Waals surface area contributed by atoms with E-state index < -0.39 is 0 Å². The zero-order valence-corrected chi connectivity index (χ0v) is 14.2. The van der Waals surface area contributed by atoms with Gasteiger partial charge in [0.1, 0.15) is 0 Å². The van der Waals surface area contributed by atoms with Crippen molar-refractivity contribution in [2.45, 2.75) is 27.2 Å². The molecule has 0 aliphatic rings. The first kappa shape index (κ1) is 25.7. The summed E-state index contributed by atoms with van der Waals surface area (Å²) in [5.74, 6) is -0.0185. The van der Waals surface area contributed by atoms with Crippen molar-refractivity contribution in [3.63, 3.8) is 0 Å². The number of aryl methyl sites for hydroxylation is 1. The molecule has 0 spiro atoms. The molecule has 5 nitrogen and oxygen atoms in total. The summed E-state index contributed by atoms with van der Waals surface area (Å²) in [5.41, 5.74) is 0.929. The summed E-state index contributed by atoms with van der Waals surface area (Å²) in [6, 6.07) is 0. The smallest absolute Gasteiger partial charge is 0.189 e.